The molecule has 0 unspecified atom stereocenters. The first-order chi connectivity index (χ1) is 14.8. The van der Waals surface area contributed by atoms with Gasteiger partial charge in [0.15, 0.2) is 11.7 Å². The molecule has 0 amide bonds. The van der Waals surface area contributed by atoms with E-state index in [0.29, 0.717) is 11.8 Å². The van der Waals surface area contributed by atoms with Gasteiger partial charge in [0.25, 0.3) is 0 Å². The van der Waals surface area contributed by atoms with Crippen molar-refractivity contribution in [3.63, 3.8) is 0 Å². The third kappa shape index (κ3) is 3.56. The molecule has 0 N–H and O–H groups in total. The van der Waals surface area contributed by atoms with Crippen molar-refractivity contribution in [2.45, 2.75) is 59.8 Å². The van der Waals surface area contributed by atoms with Crippen molar-refractivity contribution >= 4 is 11.0 Å². The average Bonchev–Trinajstić information content (AvgIpc) is 3.12. The zero-order valence-corrected chi connectivity index (χ0v) is 19.9. The molecule has 0 saturated carbocycles. The van der Waals surface area contributed by atoms with Crippen LogP contribution in [0.25, 0.3) is 28.0 Å². The van der Waals surface area contributed by atoms with E-state index in [2.05, 4.69) is 112 Å². The third-order valence-electron chi connectivity index (χ3n) is 6.30. The van der Waals surface area contributed by atoms with Gasteiger partial charge in [-0.1, -0.05) is 71.0 Å². The quantitative estimate of drug-likeness (QED) is 0.337. The lowest BCUT2D eigenvalue weighted by atomic mass is 9.92. The van der Waals surface area contributed by atoms with E-state index >= 15 is 0 Å². The van der Waals surface area contributed by atoms with E-state index in [-0.39, 0.29) is 0 Å². The van der Waals surface area contributed by atoms with E-state index in [1.54, 1.807) is 0 Å². The molecule has 0 spiro atoms. The first-order valence-electron chi connectivity index (χ1n) is 11.4. The van der Waals surface area contributed by atoms with Crippen LogP contribution in [0, 0.1) is 6.92 Å². The van der Waals surface area contributed by atoms with E-state index in [9.17, 15) is 0 Å². The van der Waals surface area contributed by atoms with Crippen LogP contribution in [0.3, 0.4) is 0 Å². The number of imidazole rings is 1. The molecule has 0 aliphatic heterocycles. The Morgan fingerprint density at radius 3 is 2.13 bits per heavy atom. The number of fused-ring (bicyclic) bond motifs is 1. The molecule has 0 atom stereocenters. The Labute approximate surface area is 186 Å². The van der Waals surface area contributed by atoms with Gasteiger partial charge in [-0.25, -0.2) is 4.98 Å². The molecular formula is C28H34N3+. The van der Waals surface area contributed by atoms with Crippen LogP contribution in [0.5, 0.6) is 0 Å². The zero-order valence-electron chi connectivity index (χ0n) is 19.9. The highest BCUT2D eigenvalue weighted by Gasteiger charge is 2.25. The van der Waals surface area contributed by atoms with Crippen molar-refractivity contribution in [2.75, 3.05) is 0 Å². The standard InChI is InChI=1S/C28H34N3/c1-8-25-29-26-24(16-17-30(7)28(26)23-13-10-9-12-20(23)6)31(25)27-21(18(2)3)14-11-15-22(27)19(4)5/h9-19H,8H2,1-7H3/q+1. The maximum absolute atomic E-state index is 5.23. The summed E-state index contributed by atoms with van der Waals surface area (Å²) >= 11 is 0. The highest BCUT2D eigenvalue weighted by molar-refractivity contribution is 5.90. The SMILES string of the molecule is CCc1nc2c(-c3ccccc3C)[n+](C)ccc2n1-c1c(C(C)C)cccc1C(C)C. The lowest BCUT2D eigenvalue weighted by Crippen LogP contribution is -2.30. The Bertz CT molecular complexity index is 1220. The summed E-state index contributed by atoms with van der Waals surface area (Å²) in [5.74, 6) is 1.99. The Morgan fingerprint density at radius 2 is 1.55 bits per heavy atom. The summed E-state index contributed by atoms with van der Waals surface area (Å²) in [6, 6.07) is 17.6. The Morgan fingerprint density at radius 1 is 0.903 bits per heavy atom. The van der Waals surface area contributed by atoms with Crippen molar-refractivity contribution in [2.24, 2.45) is 7.05 Å². The number of rotatable bonds is 5. The number of para-hydroxylation sites is 1. The molecule has 0 aliphatic carbocycles. The number of pyridine rings is 1. The minimum atomic E-state index is 0.437. The summed E-state index contributed by atoms with van der Waals surface area (Å²) in [5, 5.41) is 0. The maximum Gasteiger partial charge on any atom is 0.240 e. The van der Waals surface area contributed by atoms with E-state index in [0.717, 1.165) is 17.8 Å². The Kier molecular flexibility index (Phi) is 5.70. The molecular weight excluding hydrogens is 378 g/mol. The van der Waals surface area contributed by atoms with Crippen LogP contribution in [0.15, 0.2) is 54.7 Å². The third-order valence-corrected chi connectivity index (χ3v) is 6.30. The Balaban J connectivity index is 2.14. The number of aryl methyl sites for hydroxylation is 3. The van der Waals surface area contributed by atoms with Gasteiger partial charge in [0.1, 0.15) is 12.9 Å². The van der Waals surface area contributed by atoms with Gasteiger partial charge in [0, 0.05) is 12.5 Å². The fourth-order valence-corrected chi connectivity index (χ4v) is 4.65. The average molecular weight is 413 g/mol. The van der Waals surface area contributed by atoms with Gasteiger partial charge >= 0.3 is 0 Å². The summed E-state index contributed by atoms with van der Waals surface area (Å²) in [4.78, 5) is 5.23. The van der Waals surface area contributed by atoms with Gasteiger partial charge in [-0.2, -0.15) is 4.57 Å². The van der Waals surface area contributed by atoms with E-state index < -0.39 is 0 Å². The van der Waals surface area contributed by atoms with Gasteiger partial charge in [-0.05, 0) is 41.5 Å². The zero-order chi connectivity index (χ0) is 22.3. The van der Waals surface area contributed by atoms with Crippen LogP contribution in [0.4, 0.5) is 0 Å². The molecule has 0 fully saturated rings. The predicted octanol–water partition coefficient (Wildman–Crippen LogP) is 6.63. The van der Waals surface area contributed by atoms with Gasteiger partial charge in [-0.15, -0.1) is 0 Å². The molecule has 4 aromatic rings. The van der Waals surface area contributed by atoms with Gasteiger partial charge in [0.2, 0.25) is 5.69 Å². The molecule has 0 radical (unpaired) electrons. The first-order valence-corrected chi connectivity index (χ1v) is 11.4. The van der Waals surface area contributed by atoms with E-state index in [1.165, 1.54) is 39.2 Å². The number of aromatic nitrogens is 3. The largest absolute Gasteiger partial charge is 0.295 e. The minimum absolute atomic E-state index is 0.437. The monoisotopic (exact) mass is 412 g/mol. The molecule has 4 rings (SSSR count). The lowest BCUT2D eigenvalue weighted by molar-refractivity contribution is -0.659. The van der Waals surface area contributed by atoms with Crippen molar-refractivity contribution in [3.8, 4) is 16.9 Å². The predicted molar refractivity (Wildman–Crippen MR) is 130 cm³/mol. The van der Waals surface area contributed by atoms with Crippen molar-refractivity contribution in [1.82, 2.24) is 9.55 Å². The van der Waals surface area contributed by atoms with Crippen LogP contribution >= 0.6 is 0 Å². The molecule has 3 heteroatoms. The van der Waals surface area contributed by atoms with Crippen molar-refractivity contribution in [1.29, 1.82) is 0 Å². The molecule has 0 bridgehead atoms. The van der Waals surface area contributed by atoms with Crippen LogP contribution in [0.2, 0.25) is 0 Å². The second-order valence-corrected chi connectivity index (χ2v) is 9.14. The molecule has 2 aromatic heterocycles. The normalized spacial score (nSPS) is 11.8. The lowest BCUT2D eigenvalue weighted by Gasteiger charge is -2.22. The topological polar surface area (TPSA) is 21.7 Å². The highest BCUT2D eigenvalue weighted by Crippen LogP contribution is 2.36. The molecule has 2 heterocycles. The summed E-state index contributed by atoms with van der Waals surface area (Å²) in [5.41, 5.74) is 10.0. The molecule has 0 aliphatic rings. The maximum atomic E-state index is 5.23. The van der Waals surface area contributed by atoms with E-state index in [1.807, 2.05) is 0 Å². The summed E-state index contributed by atoms with van der Waals surface area (Å²) in [7, 11) is 2.12. The number of benzene rings is 2. The number of nitrogens with zero attached hydrogens (tertiary/aromatic N) is 3. The first kappa shape index (κ1) is 21.3. The number of hydrogen-bond donors (Lipinski definition) is 0. The number of hydrogen-bond acceptors (Lipinski definition) is 1. The smallest absolute Gasteiger partial charge is 0.240 e. The summed E-state index contributed by atoms with van der Waals surface area (Å²) in [6.07, 6.45) is 3.06. The molecule has 2 aromatic carbocycles. The fraction of sp³-hybridized carbons (Fsp3) is 0.357. The van der Waals surface area contributed by atoms with Gasteiger partial charge in [-0.3, -0.25) is 4.57 Å². The van der Waals surface area contributed by atoms with Crippen LogP contribution in [-0.2, 0) is 13.5 Å². The van der Waals surface area contributed by atoms with Crippen molar-refractivity contribution < 1.29 is 4.57 Å². The molecule has 160 valence electrons. The minimum Gasteiger partial charge on any atom is -0.295 e. The Hall–Kier alpha value is -2.94. The molecule has 0 saturated heterocycles. The summed E-state index contributed by atoms with van der Waals surface area (Å²) in [6.45, 7) is 13.5. The van der Waals surface area contributed by atoms with Gasteiger partial charge < -0.3 is 0 Å². The van der Waals surface area contributed by atoms with Crippen molar-refractivity contribution in [3.05, 3.63) is 77.2 Å². The van der Waals surface area contributed by atoms with E-state index in [4.69, 9.17) is 4.98 Å². The molecule has 31 heavy (non-hydrogen) atoms. The molecule has 3 nitrogen and oxygen atoms in total. The highest BCUT2D eigenvalue weighted by atomic mass is 15.1. The second-order valence-electron chi connectivity index (χ2n) is 9.14. The van der Waals surface area contributed by atoms with Gasteiger partial charge in [0.05, 0.1) is 16.8 Å². The second kappa shape index (κ2) is 8.30. The fourth-order valence-electron chi connectivity index (χ4n) is 4.65. The summed E-state index contributed by atoms with van der Waals surface area (Å²) < 4.78 is 4.64. The van der Waals surface area contributed by atoms with Crippen LogP contribution < -0.4 is 4.57 Å². The van der Waals surface area contributed by atoms with Crippen LogP contribution in [-0.4, -0.2) is 9.55 Å². The van der Waals surface area contributed by atoms with Crippen LogP contribution in [0.1, 0.15) is 69.0 Å².